The first-order valence-electron chi connectivity index (χ1n) is 7.80. The molecular weight excluding hydrogens is 407 g/mol. The maximum absolute atomic E-state index is 11.2. The second kappa shape index (κ2) is 8.16. The van der Waals surface area contributed by atoms with Crippen LogP contribution in [0.4, 0.5) is 5.69 Å². The molecule has 0 amide bonds. The number of carboxylic acid groups (broad SMARTS) is 2. The molecular formula is C19H12Cl2N2O5. The average molecular weight is 419 g/mol. The quantitative estimate of drug-likeness (QED) is 0.379. The van der Waals surface area contributed by atoms with Crippen LogP contribution in [0.2, 0.25) is 10.0 Å². The highest BCUT2D eigenvalue weighted by Crippen LogP contribution is 2.27. The fraction of sp³-hybridized carbons (Fsp3) is 0. The van der Waals surface area contributed by atoms with Crippen LogP contribution in [-0.2, 0) is 0 Å². The molecule has 0 spiro atoms. The normalized spacial score (nSPS) is 10.9. The van der Waals surface area contributed by atoms with E-state index in [9.17, 15) is 9.59 Å². The molecule has 0 saturated heterocycles. The van der Waals surface area contributed by atoms with Gasteiger partial charge in [-0.25, -0.2) is 9.59 Å². The third-order valence-corrected chi connectivity index (χ3v) is 4.35. The predicted molar refractivity (Wildman–Crippen MR) is 106 cm³/mol. The zero-order valence-electron chi connectivity index (χ0n) is 14.0. The highest BCUT2D eigenvalue weighted by Gasteiger charge is 2.12. The van der Waals surface area contributed by atoms with Crippen molar-refractivity contribution in [3.05, 3.63) is 75.5 Å². The lowest BCUT2D eigenvalue weighted by atomic mass is 10.1. The maximum Gasteiger partial charge on any atom is 0.337 e. The van der Waals surface area contributed by atoms with E-state index in [-0.39, 0.29) is 21.2 Å². The monoisotopic (exact) mass is 418 g/mol. The van der Waals surface area contributed by atoms with E-state index in [1.165, 1.54) is 30.5 Å². The van der Waals surface area contributed by atoms with Crippen molar-refractivity contribution >= 4 is 47.0 Å². The number of hydrogen-bond acceptors (Lipinski definition) is 5. The third-order valence-electron chi connectivity index (χ3n) is 3.69. The minimum absolute atomic E-state index is 0.0237. The van der Waals surface area contributed by atoms with Crippen molar-refractivity contribution in [3.63, 3.8) is 0 Å². The van der Waals surface area contributed by atoms with Gasteiger partial charge in [0.2, 0.25) is 0 Å². The molecule has 2 aromatic carbocycles. The van der Waals surface area contributed by atoms with Gasteiger partial charge in [-0.15, -0.1) is 0 Å². The van der Waals surface area contributed by atoms with Gasteiger partial charge in [0, 0.05) is 5.56 Å². The van der Waals surface area contributed by atoms with Crippen molar-refractivity contribution in [2.75, 3.05) is 5.43 Å². The smallest absolute Gasteiger partial charge is 0.337 e. The number of aromatic carboxylic acids is 2. The van der Waals surface area contributed by atoms with Crippen molar-refractivity contribution in [2.24, 2.45) is 5.10 Å². The molecule has 3 rings (SSSR count). The summed E-state index contributed by atoms with van der Waals surface area (Å²) in [5.74, 6) is -1.42. The van der Waals surface area contributed by atoms with Crippen LogP contribution in [0, 0.1) is 0 Å². The Morgan fingerprint density at radius 2 is 1.57 bits per heavy atom. The Kier molecular flexibility index (Phi) is 5.67. The first kappa shape index (κ1) is 19.5. The van der Waals surface area contributed by atoms with Crippen LogP contribution in [0.1, 0.15) is 26.5 Å². The highest BCUT2D eigenvalue weighted by atomic mass is 35.5. The molecule has 0 atom stereocenters. The number of carbonyl (C=O) groups is 2. The van der Waals surface area contributed by atoms with Crippen LogP contribution >= 0.6 is 23.2 Å². The van der Waals surface area contributed by atoms with Crippen LogP contribution in [0.3, 0.4) is 0 Å². The standard InChI is InChI=1S/C19H12Cl2N2O5/c20-15-4-1-10(7-13(15)18(24)25)17-6-3-12(28-17)9-22-23-11-2-5-16(21)14(8-11)19(26)27/h1-9,23H,(H,24,25)(H,26,27). The molecule has 9 heteroatoms. The molecule has 1 aromatic heterocycles. The number of furan rings is 1. The molecule has 0 bridgehead atoms. The Labute approximate surface area is 168 Å². The number of halogens is 2. The van der Waals surface area contributed by atoms with Gasteiger partial charge in [-0.1, -0.05) is 23.2 Å². The zero-order valence-corrected chi connectivity index (χ0v) is 15.5. The Balaban J connectivity index is 1.75. The molecule has 0 saturated carbocycles. The number of anilines is 1. The van der Waals surface area contributed by atoms with Gasteiger partial charge in [-0.05, 0) is 48.5 Å². The molecule has 3 N–H and O–H groups in total. The number of nitrogens with zero attached hydrogens (tertiary/aromatic N) is 1. The fourth-order valence-electron chi connectivity index (χ4n) is 2.35. The van der Waals surface area contributed by atoms with E-state index in [4.69, 9.17) is 37.8 Å². The summed E-state index contributed by atoms with van der Waals surface area (Å²) in [6, 6.07) is 12.3. The van der Waals surface area contributed by atoms with Gasteiger partial charge in [0.1, 0.15) is 11.5 Å². The van der Waals surface area contributed by atoms with Gasteiger partial charge >= 0.3 is 11.9 Å². The van der Waals surface area contributed by atoms with Crippen LogP contribution < -0.4 is 5.43 Å². The Bertz CT molecular complexity index is 1090. The lowest BCUT2D eigenvalue weighted by Gasteiger charge is -2.03. The molecule has 3 aromatic rings. The van der Waals surface area contributed by atoms with Gasteiger partial charge in [0.25, 0.3) is 0 Å². The van der Waals surface area contributed by atoms with E-state index >= 15 is 0 Å². The summed E-state index contributed by atoms with van der Waals surface area (Å²) in [7, 11) is 0. The van der Waals surface area contributed by atoms with Crippen molar-refractivity contribution in [2.45, 2.75) is 0 Å². The molecule has 0 unspecified atom stereocenters. The van der Waals surface area contributed by atoms with E-state index in [0.29, 0.717) is 22.8 Å². The average Bonchev–Trinajstić information content (AvgIpc) is 3.12. The van der Waals surface area contributed by atoms with Gasteiger partial charge in [0.15, 0.2) is 0 Å². The van der Waals surface area contributed by atoms with Crippen molar-refractivity contribution in [1.82, 2.24) is 0 Å². The minimum Gasteiger partial charge on any atom is -0.478 e. The molecule has 0 aliphatic heterocycles. The highest BCUT2D eigenvalue weighted by molar-refractivity contribution is 6.34. The van der Waals surface area contributed by atoms with E-state index in [2.05, 4.69) is 10.5 Å². The largest absolute Gasteiger partial charge is 0.478 e. The number of carboxylic acids is 2. The molecule has 1 heterocycles. The molecule has 142 valence electrons. The lowest BCUT2D eigenvalue weighted by molar-refractivity contribution is 0.0686. The summed E-state index contributed by atoms with van der Waals surface area (Å²) in [5, 5.41) is 22.5. The summed E-state index contributed by atoms with van der Waals surface area (Å²) >= 11 is 11.7. The van der Waals surface area contributed by atoms with Crippen LogP contribution in [0.5, 0.6) is 0 Å². The summed E-state index contributed by atoms with van der Waals surface area (Å²) in [6.07, 6.45) is 1.40. The van der Waals surface area contributed by atoms with E-state index in [1.807, 2.05) is 0 Å². The number of hydrogen-bond donors (Lipinski definition) is 3. The first-order chi connectivity index (χ1) is 13.3. The second-order valence-electron chi connectivity index (χ2n) is 5.57. The number of benzene rings is 2. The Morgan fingerprint density at radius 3 is 2.25 bits per heavy atom. The van der Waals surface area contributed by atoms with E-state index in [1.54, 1.807) is 24.3 Å². The molecule has 0 fully saturated rings. The second-order valence-corrected chi connectivity index (χ2v) is 6.39. The molecule has 0 aliphatic carbocycles. The van der Waals surface area contributed by atoms with Gasteiger partial charge in [-0.3, -0.25) is 5.43 Å². The molecule has 7 nitrogen and oxygen atoms in total. The maximum atomic E-state index is 11.2. The minimum atomic E-state index is -1.14. The van der Waals surface area contributed by atoms with Crippen LogP contribution in [0.15, 0.2) is 58.0 Å². The SMILES string of the molecule is O=C(O)c1cc(NN=Cc2ccc(-c3ccc(Cl)c(C(=O)O)c3)o2)ccc1Cl. The third kappa shape index (κ3) is 4.33. The zero-order chi connectivity index (χ0) is 20.3. The van der Waals surface area contributed by atoms with Gasteiger partial charge in [-0.2, -0.15) is 5.10 Å². The summed E-state index contributed by atoms with van der Waals surface area (Å²) in [6.45, 7) is 0. The lowest BCUT2D eigenvalue weighted by Crippen LogP contribution is -1.99. The molecule has 28 heavy (non-hydrogen) atoms. The van der Waals surface area contributed by atoms with Crippen molar-refractivity contribution in [1.29, 1.82) is 0 Å². The predicted octanol–water partition coefficient (Wildman–Crippen LogP) is 5.10. The summed E-state index contributed by atoms with van der Waals surface area (Å²) < 4.78 is 5.62. The van der Waals surface area contributed by atoms with Gasteiger partial charge in [0.05, 0.1) is 33.1 Å². The van der Waals surface area contributed by atoms with E-state index < -0.39 is 11.9 Å². The number of rotatable bonds is 6. The fourth-order valence-corrected chi connectivity index (χ4v) is 2.75. The Morgan fingerprint density at radius 1 is 0.929 bits per heavy atom. The topological polar surface area (TPSA) is 112 Å². The molecule has 0 aliphatic rings. The number of hydrazone groups is 1. The Hall–Kier alpha value is -3.29. The summed E-state index contributed by atoms with van der Waals surface area (Å²) in [4.78, 5) is 22.3. The first-order valence-corrected chi connectivity index (χ1v) is 8.55. The number of nitrogens with one attached hydrogen (secondary N) is 1. The molecule has 0 radical (unpaired) electrons. The van der Waals surface area contributed by atoms with Crippen molar-refractivity contribution in [3.8, 4) is 11.3 Å². The summed E-state index contributed by atoms with van der Waals surface area (Å²) in [5.41, 5.74) is 3.61. The van der Waals surface area contributed by atoms with Gasteiger partial charge < -0.3 is 14.6 Å². The van der Waals surface area contributed by atoms with E-state index in [0.717, 1.165) is 0 Å². The van der Waals surface area contributed by atoms with Crippen molar-refractivity contribution < 1.29 is 24.2 Å². The van der Waals surface area contributed by atoms with Crippen LogP contribution in [-0.4, -0.2) is 28.4 Å². The van der Waals surface area contributed by atoms with Crippen LogP contribution in [0.25, 0.3) is 11.3 Å².